The van der Waals surface area contributed by atoms with E-state index >= 15 is 0 Å². The number of hydrogen-bond donors (Lipinski definition) is 0. The Hall–Kier alpha value is -7.76. The summed E-state index contributed by atoms with van der Waals surface area (Å²) >= 11 is 3.73. The minimum Gasteiger partial charge on any atom is -0.309 e. The monoisotopic (exact) mass is 848 g/mol. The Labute approximate surface area is 376 Å². The molecule has 0 amide bonds. The zero-order valence-electron chi connectivity index (χ0n) is 34.5. The summed E-state index contributed by atoms with van der Waals surface area (Å²) in [6, 6.07) is 81.1. The van der Waals surface area contributed by atoms with E-state index in [1.165, 1.54) is 129 Å². The van der Waals surface area contributed by atoms with Crippen LogP contribution in [0, 0.1) is 0 Å². The number of thiophene rings is 2. The highest BCUT2D eigenvalue weighted by molar-refractivity contribution is 7.26. The van der Waals surface area contributed by atoms with E-state index in [9.17, 15) is 0 Å². The molecule has 0 saturated heterocycles. The van der Waals surface area contributed by atoms with Crippen LogP contribution in [0.4, 0.5) is 0 Å². The molecule has 0 bridgehead atoms. The van der Waals surface area contributed by atoms with Crippen LogP contribution in [0.15, 0.2) is 218 Å². The summed E-state index contributed by atoms with van der Waals surface area (Å²) < 4.78 is 10.2. The lowest BCUT2D eigenvalue weighted by atomic mass is 9.98. The number of hydrogen-bond acceptors (Lipinski definition) is 2. The van der Waals surface area contributed by atoms with Gasteiger partial charge in [-0.25, -0.2) is 0 Å². The third-order valence-electron chi connectivity index (χ3n) is 13.3. The molecule has 2 nitrogen and oxygen atoms in total. The fourth-order valence-corrected chi connectivity index (χ4v) is 12.5. The maximum Gasteiger partial charge on any atom is 0.0541 e. The van der Waals surface area contributed by atoms with Gasteiger partial charge in [0.1, 0.15) is 0 Å². The molecule has 0 spiro atoms. The number of aromatic nitrogens is 2. The van der Waals surface area contributed by atoms with Crippen molar-refractivity contribution in [3.8, 4) is 44.8 Å². The fraction of sp³-hybridized carbons (Fsp3) is 0. The van der Waals surface area contributed by atoms with Crippen LogP contribution >= 0.6 is 22.7 Å². The Balaban J connectivity index is 0.987. The van der Waals surface area contributed by atoms with Crippen LogP contribution in [0.25, 0.3) is 129 Å². The lowest BCUT2D eigenvalue weighted by Gasteiger charge is -2.10. The van der Waals surface area contributed by atoms with Crippen molar-refractivity contribution < 1.29 is 0 Å². The Morgan fingerprint density at radius 1 is 0.219 bits per heavy atom. The molecular formula is C60H36N2S2. The second kappa shape index (κ2) is 13.9. The van der Waals surface area contributed by atoms with Gasteiger partial charge >= 0.3 is 0 Å². The van der Waals surface area contributed by atoms with E-state index < -0.39 is 0 Å². The summed E-state index contributed by atoms with van der Waals surface area (Å²) in [4.78, 5) is 0. The highest BCUT2D eigenvalue weighted by atomic mass is 32.1. The zero-order chi connectivity index (χ0) is 41.9. The number of nitrogens with zero attached hydrogens (tertiary/aromatic N) is 2. The summed E-state index contributed by atoms with van der Waals surface area (Å²) in [6.45, 7) is 0. The summed E-state index contributed by atoms with van der Waals surface area (Å²) in [5, 5.41) is 10.2. The molecule has 14 aromatic rings. The van der Waals surface area contributed by atoms with Crippen LogP contribution < -0.4 is 0 Å². The van der Waals surface area contributed by atoms with Crippen molar-refractivity contribution in [2.75, 3.05) is 0 Å². The minimum atomic E-state index is 1.17. The quantitative estimate of drug-likeness (QED) is 0.163. The maximum atomic E-state index is 2.46. The van der Waals surface area contributed by atoms with Gasteiger partial charge in [-0.2, -0.15) is 0 Å². The highest BCUT2D eigenvalue weighted by Crippen LogP contribution is 2.43. The largest absolute Gasteiger partial charge is 0.309 e. The zero-order valence-corrected chi connectivity index (χ0v) is 36.1. The minimum absolute atomic E-state index is 1.17. The smallest absolute Gasteiger partial charge is 0.0541 e. The average Bonchev–Trinajstić information content (AvgIpc) is 4.11. The predicted octanol–water partition coefficient (Wildman–Crippen LogP) is 17.6. The van der Waals surface area contributed by atoms with Crippen molar-refractivity contribution in [2.45, 2.75) is 0 Å². The van der Waals surface area contributed by atoms with E-state index in [0.29, 0.717) is 0 Å². The molecule has 0 unspecified atom stereocenters. The van der Waals surface area contributed by atoms with Gasteiger partial charge in [-0.1, -0.05) is 121 Å². The lowest BCUT2D eigenvalue weighted by molar-refractivity contribution is 1.19. The molecule has 0 N–H and O–H groups in total. The van der Waals surface area contributed by atoms with Crippen LogP contribution in [0.2, 0.25) is 0 Å². The molecule has 4 aromatic heterocycles. The van der Waals surface area contributed by atoms with Gasteiger partial charge in [-0.05, 0) is 130 Å². The van der Waals surface area contributed by atoms with Crippen LogP contribution in [0.5, 0.6) is 0 Å². The first kappa shape index (κ1) is 35.8. The third-order valence-corrected chi connectivity index (χ3v) is 15.6. The molecule has 14 rings (SSSR count). The van der Waals surface area contributed by atoms with Gasteiger partial charge in [-0.3, -0.25) is 0 Å². The normalized spacial score (nSPS) is 12.1. The summed E-state index contributed by atoms with van der Waals surface area (Å²) in [5.41, 5.74) is 14.4. The number of fused-ring (bicyclic) bond motifs is 12. The first-order valence-corrected chi connectivity index (χ1v) is 23.4. The van der Waals surface area contributed by atoms with E-state index in [2.05, 4.69) is 228 Å². The SMILES string of the molecule is c1ccc(-c2ccc3c(c2)c2cc(-c4ccc5c(c4)c4cc(-c6ccccc6)ccc4n5-c4ccc5sc6ccccc6c5c4)ccc2n3-c2ccc3sc4ccccc4c3c2)cc1. The van der Waals surface area contributed by atoms with E-state index in [1.54, 1.807) is 0 Å². The van der Waals surface area contributed by atoms with Crippen molar-refractivity contribution in [3.05, 3.63) is 218 Å². The molecule has 0 saturated carbocycles. The van der Waals surface area contributed by atoms with Gasteiger partial charge in [0.2, 0.25) is 0 Å². The highest BCUT2D eigenvalue weighted by Gasteiger charge is 2.19. The molecule has 64 heavy (non-hydrogen) atoms. The molecule has 4 heterocycles. The Morgan fingerprint density at radius 3 is 0.938 bits per heavy atom. The lowest BCUT2D eigenvalue weighted by Crippen LogP contribution is -1.94. The van der Waals surface area contributed by atoms with E-state index in [1.807, 2.05) is 22.7 Å². The van der Waals surface area contributed by atoms with Crippen molar-refractivity contribution in [1.82, 2.24) is 9.13 Å². The van der Waals surface area contributed by atoms with Gasteiger partial charge in [0.15, 0.2) is 0 Å². The molecule has 0 aliphatic heterocycles. The molecule has 0 atom stereocenters. The Kier molecular flexibility index (Phi) is 7.76. The third kappa shape index (κ3) is 5.43. The molecular weight excluding hydrogens is 813 g/mol. The second-order valence-electron chi connectivity index (χ2n) is 16.9. The molecule has 10 aromatic carbocycles. The van der Waals surface area contributed by atoms with Gasteiger partial charge in [0, 0.05) is 73.3 Å². The number of benzene rings is 10. The second-order valence-corrected chi connectivity index (χ2v) is 19.1. The standard InChI is InChI=1S/C60H36N2S2/c1-3-11-37(12-4-1)39-19-25-53-47(31-39)49-33-41(21-27-55(49)61(53)43-23-29-59-51(35-43)45-15-7-9-17-57(45)63-59)42-22-28-56-50(34-42)48-32-40(38-13-5-2-6-14-38)20-26-54(48)62(56)44-24-30-60-52(36-44)46-16-8-10-18-58(46)64-60/h1-36H. The van der Waals surface area contributed by atoms with Crippen molar-refractivity contribution in [2.24, 2.45) is 0 Å². The molecule has 0 aliphatic rings. The molecule has 0 fully saturated rings. The van der Waals surface area contributed by atoms with Crippen LogP contribution in [0.1, 0.15) is 0 Å². The summed E-state index contributed by atoms with van der Waals surface area (Å²) in [5.74, 6) is 0. The van der Waals surface area contributed by atoms with Gasteiger partial charge in [0.25, 0.3) is 0 Å². The van der Waals surface area contributed by atoms with Gasteiger partial charge in [-0.15, -0.1) is 22.7 Å². The topological polar surface area (TPSA) is 9.86 Å². The van der Waals surface area contributed by atoms with Crippen LogP contribution in [-0.2, 0) is 0 Å². The average molecular weight is 849 g/mol. The van der Waals surface area contributed by atoms with Gasteiger partial charge in [0.05, 0.1) is 22.1 Å². The predicted molar refractivity (Wildman–Crippen MR) is 277 cm³/mol. The molecule has 4 heteroatoms. The maximum absolute atomic E-state index is 2.46. The summed E-state index contributed by atoms with van der Waals surface area (Å²) in [7, 11) is 0. The van der Waals surface area contributed by atoms with Gasteiger partial charge < -0.3 is 9.13 Å². The van der Waals surface area contributed by atoms with E-state index in [0.717, 1.165) is 0 Å². The number of rotatable bonds is 5. The van der Waals surface area contributed by atoms with Crippen LogP contribution in [-0.4, -0.2) is 9.13 Å². The Bertz CT molecular complexity index is 3910. The van der Waals surface area contributed by atoms with Crippen molar-refractivity contribution in [3.63, 3.8) is 0 Å². The first-order valence-electron chi connectivity index (χ1n) is 21.8. The van der Waals surface area contributed by atoms with E-state index in [-0.39, 0.29) is 0 Å². The van der Waals surface area contributed by atoms with Crippen molar-refractivity contribution in [1.29, 1.82) is 0 Å². The molecule has 0 radical (unpaired) electrons. The summed E-state index contributed by atoms with van der Waals surface area (Å²) in [6.07, 6.45) is 0. The first-order chi connectivity index (χ1) is 31.7. The van der Waals surface area contributed by atoms with Crippen LogP contribution in [0.3, 0.4) is 0 Å². The van der Waals surface area contributed by atoms with E-state index in [4.69, 9.17) is 0 Å². The van der Waals surface area contributed by atoms with Crippen molar-refractivity contribution >= 4 is 107 Å². The fourth-order valence-electron chi connectivity index (χ4n) is 10.3. The molecule has 0 aliphatic carbocycles. The Morgan fingerprint density at radius 2 is 0.547 bits per heavy atom. The molecule has 298 valence electrons.